The van der Waals surface area contributed by atoms with Gasteiger partial charge in [0.05, 0.1) is 14.2 Å². The van der Waals surface area contributed by atoms with Crippen LogP contribution in [-0.2, 0) is 31.3 Å². The standard InChI is InChI=1S/C8H10O2.3CO.Cr/c1-9-7-4-3-5-8(6-7)10-2;3*1-2;/h3-6H,1-2H3;;;;. The van der Waals surface area contributed by atoms with Crippen LogP contribution in [0.4, 0.5) is 0 Å². The summed E-state index contributed by atoms with van der Waals surface area (Å²) in [7, 11) is 3.27. The Morgan fingerprint density at radius 3 is 1.35 bits per heavy atom. The predicted molar refractivity (Wildman–Crippen MR) is 51.3 cm³/mol. The van der Waals surface area contributed by atoms with Crippen molar-refractivity contribution >= 4 is 0 Å². The Kier molecular flexibility index (Phi) is 34.9. The van der Waals surface area contributed by atoms with Crippen LogP contribution < -0.4 is 9.47 Å². The molecule has 0 saturated carbocycles. The van der Waals surface area contributed by atoms with Crippen molar-refractivity contribution in [2.75, 3.05) is 14.2 Å². The van der Waals surface area contributed by atoms with Gasteiger partial charge in [0.15, 0.2) is 0 Å². The molecule has 5 nitrogen and oxygen atoms in total. The maximum absolute atomic E-state index is 7.50. The summed E-state index contributed by atoms with van der Waals surface area (Å²) in [5.41, 5.74) is 0. The molecule has 17 heavy (non-hydrogen) atoms. The van der Waals surface area contributed by atoms with Crippen molar-refractivity contribution in [2.45, 2.75) is 0 Å². The Bertz CT molecular complexity index is 286. The fourth-order valence-corrected chi connectivity index (χ4v) is 0.728. The van der Waals surface area contributed by atoms with Crippen LogP contribution in [-0.4, -0.2) is 14.2 Å². The van der Waals surface area contributed by atoms with Gasteiger partial charge in [-0.15, -0.1) is 0 Å². The van der Waals surface area contributed by atoms with Gasteiger partial charge >= 0.3 is 33.9 Å². The van der Waals surface area contributed by atoms with Gasteiger partial charge in [-0.3, -0.25) is 0 Å². The Morgan fingerprint density at radius 1 is 0.824 bits per heavy atom. The average Bonchev–Trinajstić information content (AvgIpc) is 2.45. The zero-order valence-electron chi connectivity index (χ0n) is 9.26. The number of hydrogen-bond donors (Lipinski definition) is 0. The average molecular weight is 274 g/mol. The molecular weight excluding hydrogens is 264 g/mol. The molecule has 0 spiro atoms. The molecule has 0 amide bonds. The molecule has 1 aromatic rings. The third kappa shape index (κ3) is 14.6. The molecule has 1 aromatic carbocycles. The molecule has 0 aromatic heterocycles. The topological polar surface area (TPSA) is 78.2 Å². The maximum atomic E-state index is 7.50. The molecule has 0 unspecified atom stereocenters. The van der Waals surface area contributed by atoms with Gasteiger partial charge in [0.25, 0.3) is 0 Å². The number of ether oxygens (including phenoxy) is 2. The van der Waals surface area contributed by atoms with Crippen LogP contribution in [0.3, 0.4) is 0 Å². The molecule has 0 bridgehead atoms. The van der Waals surface area contributed by atoms with Crippen LogP contribution in [0, 0.1) is 20.0 Å². The number of hydrogen-bond acceptors (Lipinski definition) is 2. The Hall–Kier alpha value is -1.43. The maximum Gasteiger partial charge on any atom is 0 e. The summed E-state index contributed by atoms with van der Waals surface area (Å²) in [4.78, 5) is 0. The second kappa shape index (κ2) is 24.0. The van der Waals surface area contributed by atoms with Crippen molar-refractivity contribution in [3.8, 4) is 11.5 Å². The van der Waals surface area contributed by atoms with Crippen molar-refractivity contribution in [1.82, 2.24) is 0 Å². The monoisotopic (exact) mass is 274 g/mol. The van der Waals surface area contributed by atoms with E-state index in [0.717, 1.165) is 11.5 Å². The minimum absolute atomic E-state index is 0. The van der Waals surface area contributed by atoms with Gasteiger partial charge < -0.3 is 9.47 Å². The van der Waals surface area contributed by atoms with Crippen LogP contribution in [0.15, 0.2) is 24.3 Å². The second-order valence-electron chi connectivity index (χ2n) is 1.88. The van der Waals surface area contributed by atoms with Gasteiger partial charge in [0, 0.05) is 23.4 Å². The summed E-state index contributed by atoms with van der Waals surface area (Å²) in [6, 6.07) is 7.47. The van der Waals surface area contributed by atoms with E-state index < -0.39 is 0 Å². The van der Waals surface area contributed by atoms with Crippen LogP contribution in [0.25, 0.3) is 0 Å². The smallest absolute Gasteiger partial charge is 0 e. The number of benzene rings is 1. The predicted octanol–water partition coefficient (Wildman–Crippen LogP) is 1.59. The van der Waals surface area contributed by atoms with Crippen molar-refractivity contribution in [2.24, 2.45) is 0 Å². The van der Waals surface area contributed by atoms with Crippen LogP contribution >= 0.6 is 0 Å². The van der Waals surface area contributed by atoms with E-state index in [0.29, 0.717) is 0 Å². The SMILES string of the molecule is COc1cccc(OC)c1.[C-]#[O+].[C-]#[O+].[C-]#[O+].[Cr]. The molecule has 90 valence electrons. The van der Waals surface area contributed by atoms with E-state index in [1.54, 1.807) is 14.2 Å². The van der Waals surface area contributed by atoms with Gasteiger partial charge in [0.2, 0.25) is 0 Å². The van der Waals surface area contributed by atoms with Gasteiger partial charge in [0.1, 0.15) is 11.5 Å². The van der Waals surface area contributed by atoms with E-state index in [-0.39, 0.29) is 17.4 Å². The number of methoxy groups -OCH3 is 2. The number of rotatable bonds is 2. The first-order valence-corrected chi connectivity index (χ1v) is 3.66. The third-order valence-corrected chi connectivity index (χ3v) is 1.28. The summed E-state index contributed by atoms with van der Waals surface area (Å²) < 4.78 is 32.5. The van der Waals surface area contributed by atoms with E-state index >= 15 is 0 Å². The summed E-state index contributed by atoms with van der Waals surface area (Å²) in [5.74, 6) is 1.64. The molecule has 0 aliphatic rings. The van der Waals surface area contributed by atoms with Crippen molar-refractivity contribution < 1.29 is 40.8 Å². The normalized spacial score (nSPS) is 5.65. The van der Waals surface area contributed by atoms with E-state index in [4.69, 9.17) is 23.4 Å². The third-order valence-electron chi connectivity index (χ3n) is 1.28. The van der Waals surface area contributed by atoms with E-state index in [1.165, 1.54) is 0 Å². The van der Waals surface area contributed by atoms with Crippen LogP contribution in [0.1, 0.15) is 0 Å². The molecule has 1 rings (SSSR count). The fourth-order valence-electron chi connectivity index (χ4n) is 0.728. The molecule has 0 heterocycles. The van der Waals surface area contributed by atoms with Crippen LogP contribution in [0.5, 0.6) is 11.5 Å². The fraction of sp³-hybridized carbons (Fsp3) is 0.182. The first-order valence-electron chi connectivity index (χ1n) is 3.66. The molecular formula is C11H10CrO5. The first kappa shape index (κ1) is 24.7. The minimum Gasteiger partial charge on any atom is 0 e. The molecule has 0 aliphatic heterocycles. The van der Waals surface area contributed by atoms with Crippen LogP contribution in [0.2, 0.25) is 0 Å². The summed E-state index contributed by atoms with van der Waals surface area (Å²) in [6.45, 7) is 13.5. The van der Waals surface area contributed by atoms with E-state index in [9.17, 15) is 0 Å². The van der Waals surface area contributed by atoms with E-state index in [1.807, 2.05) is 24.3 Å². The molecule has 0 fully saturated rings. The molecule has 0 atom stereocenters. The van der Waals surface area contributed by atoms with Crippen molar-refractivity contribution in [1.29, 1.82) is 0 Å². The first-order chi connectivity index (χ1) is 7.86. The Morgan fingerprint density at radius 2 is 1.12 bits per heavy atom. The quantitative estimate of drug-likeness (QED) is 0.606. The molecule has 0 radical (unpaired) electrons. The second-order valence-corrected chi connectivity index (χ2v) is 1.88. The summed E-state index contributed by atoms with van der Waals surface area (Å²) in [6.07, 6.45) is 0. The zero-order chi connectivity index (χ0) is 13.4. The van der Waals surface area contributed by atoms with Gasteiger partial charge in [-0.05, 0) is 12.1 Å². The van der Waals surface area contributed by atoms with Crippen molar-refractivity contribution in [3.63, 3.8) is 0 Å². The molecule has 6 heteroatoms. The minimum atomic E-state index is 0. The molecule has 0 N–H and O–H groups in total. The Balaban J connectivity index is -0.000000106. The van der Waals surface area contributed by atoms with E-state index in [2.05, 4.69) is 20.0 Å². The summed E-state index contributed by atoms with van der Waals surface area (Å²) >= 11 is 0. The molecule has 0 saturated heterocycles. The van der Waals surface area contributed by atoms with Gasteiger partial charge in [-0.1, -0.05) is 6.07 Å². The summed E-state index contributed by atoms with van der Waals surface area (Å²) in [5, 5.41) is 0. The largest absolute Gasteiger partial charge is 0 e. The van der Waals surface area contributed by atoms with Crippen molar-refractivity contribution in [3.05, 3.63) is 44.2 Å². The zero-order valence-corrected chi connectivity index (χ0v) is 10.5. The Labute approximate surface area is 111 Å². The van der Waals surface area contributed by atoms with Gasteiger partial charge in [-0.25, -0.2) is 0 Å². The molecule has 0 aliphatic carbocycles. The van der Waals surface area contributed by atoms with Gasteiger partial charge in [-0.2, -0.15) is 0 Å².